The zero-order valence-electron chi connectivity index (χ0n) is 16.6. The molecule has 3 aromatic carbocycles. The van der Waals surface area contributed by atoms with Gasteiger partial charge in [0, 0.05) is 24.7 Å². The van der Waals surface area contributed by atoms with Crippen LogP contribution in [0.2, 0.25) is 0 Å². The van der Waals surface area contributed by atoms with Crippen molar-refractivity contribution in [1.29, 1.82) is 0 Å². The molecule has 3 aromatic rings. The number of sulfonamides is 1. The summed E-state index contributed by atoms with van der Waals surface area (Å²) in [5, 5.41) is 0. The van der Waals surface area contributed by atoms with E-state index < -0.39 is 26.6 Å². The van der Waals surface area contributed by atoms with Gasteiger partial charge in [-0.05, 0) is 35.4 Å². The predicted octanol–water partition coefficient (Wildman–Crippen LogP) is 4.26. The molecule has 0 saturated heterocycles. The van der Waals surface area contributed by atoms with Crippen molar-refractivity contribution in [3.8, 4) is 5.75 Å². The van der Waals surface area contributed by atoms with Crippen molar-refractivity contribution in [2.45, 2.75) is 24.7 Å². The molecular weight excluding hydrogens is 424 g/mol. The summed E-state index contributed by atoms with van der Waals surface area (Å²) < 4.78 is 65.9. The molecule has 0 N–H and O–H groups in total. The Kier molecular flexibility index (Phi) is 6.31. The van der Waals surface area contributed by atoms with Crippen LogP contribution in [0.25, 0.3) is 0 Å². The fraction of sp³-hybridized carbons (Fsp3) is 0.217. The molecule has 0 unspecified atom stereocenters. The van der Waals surface area contributed by atoms with Gasteiger partial charge in [-0.1, -0.05) is 36.4 Å². The van der Waals surface area contributed by atoms with Gasteiger partial charge in [-0.15, -0.1) is 0 Å². The van der Waals surface area contributed by atoms with Gasteiger partial charge in [0.1, 0.15) is 28.9 Å². The maximum absolute atomic E-state index is 14.1. The maximum atomic E-state index is 14.1. The Hall–Kier alpha value is -2.81. The van der Waals surface area contributed by atoms with Crippen LogP contribution in [0.4, 0.5) is 8.78 Å². The van der Waals surface area contributed by atoms with Crippen molar-refractivity contribution in [2.24, 2.45) is 0 Å². The molecule has 162 valence electrons. The maximum Gasteiger partial charge on any atom is 0.246 e. The van der Waals surface area contributed by atoms with E-state index in [0.29, 0.717) is 30.6 Å². The molecule has 0 aromatic heterocycles. The van der Waals surface area contributed by atoms with E-state index in [4.69, 9.17) is 9.47 Å². The quantitative estimate of drug-likeness (QED) is 0.569. The SMILES string of the molecule is O=S(=O)(c1ccc(F)cc1F)N1CCOc2ccc(COCc3ccccc3)cc2C1. The third-order valence-electron chi connectivity index (χ3n) is 4.96. The number of benzene rings is 3. The average molecular weight is 445 g/mol. The van der Waals surface area contributed by atoms with Gasteiger partial charge in [0.25, 0.3) is 0 Å². The molecule has 1 heterocycles. The monoisotopic (exact) mass is 445 g/mol. The standard InChI is InChI=1S/C23H21F2NO4S/c24-20-7-9-23(21(25)13-20)31(27,28)26-10-11-30-22-8-6-18(12-19(22)14-26)16-29-15-17-4-2-1-3-5-17/h1-9,12-13H,10-11,14-16H2. The van der Waals surface area contributed by atoms with Crippen molar-refractivity contribution >= 4 is 10.0 Å². The van der Waals surface area contributed by atoms with E-state index in [-0.39, 0.29) is 19.7 Å². The normalized spacial score (nSPS) is 14.5. The van der Waals surface area contributed by atoms with Gasteiger partial charge in [0.2, 0.25) is 10.0 Å². The number of nitrogens with zero attached hydrogens (tertiary/aromatic N) is 1. The smallest absolute Gasteiger partial charge is 0.246 e. The van der Waals surface area contributed by atoms with Gasteiger partial charge in [0.05, 0.1) is 13.2 Å². The van der Waals surface area contributed by atoms with Crippen LogP contribution < -0.4 is 4.74 Å². The van der Waals surface area contributed by atoms with E-state index in [1.54, 1.807) is 6.07 Å². The summed E-state index contributed by atoms with van der Waals surface area (Å²) in [5.41, 5.74) is 2.58. The number of hydrogen-bond donors (Lipinski definition) is 0. The summed E-state index contributed by atoms with van der Waals surface area (Å²) in [4.78, 5) is -0.556. The molecule has 1 aliphatic rings. The van der Waals surface area contributed by atoms with Crippen LogP contribution in [0, 0.1) is 11.6 Å². The highest BCUT2D eigenvalue weighted by atomic mass is 32.2. The van der Waals surface area contributed by atoms with Crippen LogP contribution >= 0.6 is 0 Å². The first-order valence-corrected chi connectivity index (χ1v) is 11.2. The molecule has 0 atom stereocenters. The van der Waals surface area contributed by atoms with Crippen LogP contribution in [0.1, 0.15) is 16.7 Å². The van der Waals surface area contributed by atoms with Crippen molar-refractivity contribution < 1.29 is 26.7 Å². The second kappa shape index (κ2) is 9.13. The van der Waals surface area contributed by atoms with Gasteiger partial charge in [-0.2, -0.15) is 4.31 Å². The molecule has 31 heavy (non-hydrogen) atoms. The minimum absolute atomic E-state index is 0.0149. The Balaban J connectivity index is 1.51. The van der Waals surface area contributed by atoms with Crippen LogP contribution in [-0.2, 0) is 34.5 Å². The predicted molar refractivity (Wildman–Crippen MR) is 111 cm³/mol. The zero-order chi connectivity index (χ0) is 21.8. The molecule has 0 spiro atoms. The number of ether oxygens (including phenoxy) is 2. The molecule has 8 heteroatoms. The summed E-state index contributed by atoms with van der Waals surface area (Å²) in [6.07, 6.45) is 0. The number of fused-ring (bicyclic) bond motifs is 1. The van der Waals surface area contributed by atoms with E-state index in [2.05, 4.69) is 0 Å². The van der Waals surface area contributed by atoms with Crippen LogP contribution in [-0.4, -0.2) is 25.9 Å². The molecule has 0 amide bonds. The summed E-state index contributed by atoms with van der Waals surface area (Å²) >= 11 is 0. The lowest BCUT2D eigenvalue weighted by Crippen LogP contribution is -2.33. The Morgan fingerprint density at radius 1 is 0.935 bits per heavy atom. The molecule has 4 rings (SSSR count). The average Bonchev–Trinajstić information content (AvgIpc) is 2.97. The lowest BCUT2D eigenvalue weighted by Gasteiger charge is -2.20. The first-order valence-electron chi connectivity index (χ1n) is 9.75. The fourth-order valence-electron chi connectivity index (χ4n) is 3.40. The number of halogens is 2. The lowest BCUT2D eigenvalue weighted by atomic mass is 10.1. The van der Waals surface area contributed by atoms with Crippen LogP contribution in [0.15, 0.2) is 71.6 Å². The van der Waals surface area contributed by atoms with E-state index in [1.807, 2.05) is 42.5 Å². The Morgan fingerprint density at radius 3 is 2.48 bits per heavy atom. The topological polar surface area (TPSA) is 55.8 Å². The molecule has 0 radical (unpaired) electrons. The van der Waals surface area contributed by atoms with Crippen molar-refractivity contribution in [2.75, 3.05) is 13.2 Å². The second-order valence-electron chi connectivity index (χ2n) is 7.18. The highest BCUT2D eigenvalue weighted by Gasteiger charge is 2.30. The summed E-state index contributed by atoms with van der Waals surface area (Å²) in [6, 6.07) is 17.7. The Labute approximate surface area is 179 Å². The number of rotatable bonds is 6. The van der Waals surface area contributed by atoms with Crippen LogP contribution in [0.3, 0.4) is 0 Å². The molecule has 5 nitrogen and oxygen atoms in total. The molecule has 0 saturated carbocycles. The fourth-order valence-corrected chi connectivity index (χ4v) is 4.85. The molecule has 0 fully saturated rings. The van der Waals surface area contributed by atoms with E-state index in [9.17, 15) is 17.2 Å². The van der Waals surface area contributed by atoms with Gasteiger partial charge in [0.15, 0.2) is 0 Å². The summed E-state index contributed by atoms with van der Waals surface area (Å²) in [6.45, 7) is 0.994. The van der Waals surface area contributed by atoms with E-state index in [0.717, 1.165) is 27.6 Å². The van der Waals surface area contributed by atoms with Crippen molar-refractivity contribution in [1.82, 2.24) is 4.31 Å². The molecule has 1 aliphatic heterocycles. The van der Waals surface area contributed by atoms with Gasteiger partial charge in [-0.3, -0.25) is 0 Å². The van der Waals surface area contributed by atoms with Gasteiger partial charge < -0.3 is 9.47 Å². The highest BCUT2D eigenvalue weighted by Crippen LogP contribution is 2.29. The third-order valence-corrected chi connectivity index (χ3v) is 6.84. The van der Waals surface area contributed by atoms with E-state index in [1.165, 1.54) is 0 Å². The van der Waals surface area contributed by atoms with Gasteiger partial charge >= 0.3 is 0 Å². The molecule has 0 aliphatic carbocycles. The largest absolute Gasteiger partial charge is 0.492 e. The van der Waals surface area contributed by atoms with Crippen molar-refractivity contribution in [3.05, 3.63) is 95.1 Å². The minimum atomic E-state index is -4.16. The summed E-state index contributed by atoms with van der Waals surface area (Å²) in [7, 11) is -4.16. The number of hydrogen-bond acceptors (Lipinski definition) is 4. The first kappa shape index (κ1) is 21.4. The zero-order valence-corrected chi connectivity index (χ0v) is 17.4. The molecular formula is C23H21F2NO4S. The Morgan fingerprint density at radius 2 is 1.71 bits per heavy atom. The minimum Gasteiger partial charge on any atom is -0.492 e. The molecule has 0 bridgehead atoms. The summed E-state index contributed by atoms with van der Waals surface area (Å²) in [5.74, 6) is -1.38. The second-order valence-corrected chi connectivity index (χ2v) is 9.09. The van der Waals surface area contributed by atoms with Gasteiger partial charge in [-0.25, -0.2) is 17.2 Å². The lowest BCUT2D eigenvalue weighted by molar-refractivity contribution is 0.107. The van der Waals surface area contributed by atoms with E-state index >= 15 is 0 Å². The Bertz CT molecular complexity index is 1170. The van der Waals surface area contributed by atoms with Crippen LogP contribution in [0.5, 0.6) is 5.75 Å². The van der Waals surface area contributed by atoms with Crippen molar-refractivity contribution in [3.63, 3.8) is 0 Å². The highest BCUT2D eigenvalue weighted by molar-refractivity contribution is 7.89. The third kappa shape index (κ3) is 4.92. The first-order chi connectivity index (χ1) is 14.9.